The minimum Gasteiger partial charge on any atom is -0.283 e. The molecule has 1 N–H and O–H groups in total. The Kier molecular flexibility index (Phi) is 4.31. The van der Waals surface area contributed by atoms with Gasteiger partial charge in [0.25, 0.3) is 0 Å². The number of nitrogens with zero attached hydrogens (tertiary/aromatic N) is 3. The molecule has 2 rings (SSSR count). The number of anilines is 1. The third-order valence-corrected chi connectivity index (χ3v) is 4.23. The number of aryl methyl sites for hydroxylation is 1. The number of rotatable bonds is 5. The van der Waals surface area contributed by atoms with Gasteiger partial charge in [0.1, 0.15) is 5.82 Å². The van der Waals surface area contributed by atoms with Crippen LogP contribution >= 0.6 is 0 Å². The number of nitrogens with one attached hydrogen (secondary N) is 1. The lowest BCUT2D eigenvalue weighted by Gasteiger charge is -2.07. The molecule has 0 saturated heterocycles. The maximum Gasteiger partial charge on any atom is 0.355 e. The van der Waals surface area contributed by atoms with Crippen molar-refractivity contribution in [2.75, 3.05) is 10.5 Å². The first kappa shape index (κ1) is 16.1. The lowest BCUT2D eigenvalue weighted by Crippen LogP contribution is -2.24. The zero-order valence-electron chi connectivity index (χ0n) is 11.8. The lowest BCUT2D eigenvalue weighted by molar-refractivity contribution is 0.0640. The fourth-order valence-electron chi connectivity index (χ4n) is 1.82. The van der Waals surface area contributed by atoms with Crippen molar-refractivity contribution in [2.45, 2.75) is 20.4 Å². The summed E-state index contributed by atoms with van der Waals surface area (Å²) in [6, 6.07) is 5.79. The van der Waals surface area contributed by atoms with E-state index in [0.717, 1.165) is 4.68 Å². The maximum atomic E-state index is 12.8. The van der Waals surface area contributed by atoms with Gasteiger partial charge in [0, 0.05) is 0 Å². The van der Waals surface area contributed by atoms with Crippen LogP contribution in [0.4, 0.5) is 14.5 Å². The Morgan fingerprint density at radius 1 is 1.36 bits per heavy atom. The van der Waals surface area contributed by atoms with Crippen LogP contribution in [-0.4, -0.2) is 28.5 Å². The van der Waals surface area contributed by atoms with E-state index in [0.29, 0.717) is 0 Å². The van der Waals surface area contributed by atoms with Crippen LogP contribution in [0.5, 0.6) is 0 Å². The number of sulfonamides is 1. The average molecular weight is 332 g/mol. The Bertz CT molecular complexity index is 842. The second kappa shape index (κ2) is 5.87. The summed E-state index contributed by atoms with van der Waals surface area (Å²) < 4.78 is 52.0. The first-order valence-electron chi connectivity index (χ1n) is 6.32. The van der Waals surface area contributed by atoms with Gasteiger partial charge in [-0.05, 0) is 32.0 Å². The number of hydrogen-bond donors (Lipinski definition) is 1. The maximum absolute atomic E-state index is 12.8. The van der Waals surface area contributed by atoms with Crippen LogP contribution in [0, 0.1) is 6.92 Å². The molecule has 0 bridgehead atoms. The first-order chi connectivity index (χ1) is 10.2. The van der Waals surface area contributed by atoms with Gasteiger partial charge in [0.05, 0.1) is 17.1 Å². The van der Waals surface area contributed by atoms with E-state index in [1.807, 2.05) is 0 Å². The molecule has 1 heterocycles. The Morgan fingerprint density at radius 3 is 2.59 bits per heavy atom. The van der Waals surface area contributed by atoms with E-state index >= 15 is 0 Å². The summed E-state index contributed by atoms with van der Waals surface area (Å²) >= 11 is 0. The molecular weight excluding hydrogens is 318 g/mol. The zero-order valence-corrected chi connectivity index (χ0v) is 12.6. The van der Waals surface area contributed by atoms with Gasteiger partial charge in [-0.2, -0.15) is 18.6 Å². The van der Waals surface area contributed by atoms with Gasteiger partial charge in [0.2, 0.25) is 10.0 Å². The van der Waals surface area contributed by atoms with Crippen molar-refractivity contribution in [2.24, 2.45) is 0 Å². The van der Waals surface area contributed by atoms with Crippen LogP contribution in [0.2, 0.25) is 0 Å². The number of aromatic nitrogens is 3. The average Bonchev–Trinajstić information content (AvgIpc) is 2.74. The molecule has 2 aromatic rings. The summed E-state index contributed by atoms with van der Waals surface area (Å²) in [4.78, 5) is 11.9. The molecule has 0 aliphatic rings. The topological polar surface area (TPSA) is 86.0 Å². The lowest BCUT2D eigenvalue weighted by atomic mass is 10.3. The van der Waals surface area contributed by atoms with Crippen LogP contribution < -0.4 is 10.4 Å². The summed E-state index contributed by atoms with van der Waals surface area (Å²) in [6.07, 6.45) is 0. The van der Waals surface area contributed by atoms with Gasteiger partial charge in [-0.25, -0.2) is 17.8 Å². The van der Waals surface area contributed by atoms with Crippen molar-refractivity contribution in [3.05, 3.63) is 40.6 Å². The summed E-state index contributed by atoms with van der Waals surface area (Å²) in [5.41, 5.74) is -0.595. The smallest absolute Gasteiger partial charge is 0.283 e. The van der Waals surface area contributed by atoms with Crippen LogP contribution in [0.25, 0.3) is 5.69 Å². The molecule has 7 nitrogen and oxygen atoms in total. The van der Waals surface area contributed by atoms with Crippen LogP contribution in [-0.2, 0) is 10.0 Å². The highest BCUT2D eigenvalue weighted by Crippen LogP contribution is 2.16. The molecule has 0 unspecified atom stereocenters. The molecule has 0 aliphatic carbocycles. The highest BCUT2D eigenvalue weighted by Gasteiger charge is 2.18. The van der Waals surface area contributed by atoms with Crippen LogP contribution in [0.1, 0.15) is 19.3 Å². The number of alkyl halides is 2. The van der Waals surface area contributed by atoms with Gasteiger partial charge >= 0.3 is 12.2 Å². The van der Waals surface area contributed by atoms with Crippen LogP contribution in [0.3, 0.4) is 0 Å². The highest BCUT2D eigenvalue weighted by molar-refractivity contribution is 7.92. The van der Waals surface area contributed by atoms with E-state index in [2.05, 4.69) is 9.82 Å². The minimum atomic E-state index is -3.48. The molecule has 22 heavy (non-hydrogen) atoms. The normalized spacial score (nSPS) is 11.9. The summed E-state index contributed by atoms with van der Waals surface area (Å²) in [5, 5.41) is 3.77. The third kappa shape index (κ3) is 3.16. The van der Waals surface area contributed by atoms with Gasteiger partial charge < -0.3 is 0 Å². The summed E-state index contributed by atoms with van der Waals surface area (Å²) in [6.45, 7) is -0.235. The van der Waals surface area contributed by atoms with Crippen molar-refractivity contribution >= 4 is 15.7 Å². The standard InChI is InChI=1S/C12H14F2N4O3S/c1-3-22(20,21)16-9-5-4-6-10(7-9)18-12(19)17(11(13)14)8(2)15-18/h4-7,11,16H,3H2,1-2H3. The Balaban J connectivity index is 2.47. The molecule has 1 aromatic heterocycles. The summed E-state index contributed by atoms with van der Waals surface area (Å²) in [5.74, 6) is -0.254. The monoisotopic (exact) mass is 332 g/mol. The van der Waals surface area contributed by atoms with E-state index < -0.39 is 22.3 Å². The molecule has 0 aliphatic heterocycles. The van der Waals surface area contributed by atoms with E-state index in [1.165, 1.54) is 38.1 Å². The molecule has 120 valence electrons. The third-order valence-electron chi connectivity index (χ3n) is 2.92. The van der Waals surface area contributed by atoms with Gasteiger partial charge in [-0.1, -0.05) is 6.07 Å². The van der Waals surface area contributed by atoms with Crippen molar-refractivity contribution < 1.29 is 17.2 Å². The molecule has 0 amide bonds. The SMILES string of the molecule is CCS(=O)(=O)Nc1cccc(-n2nc(C)n(C(F)F)c2=O)c1. The first-order valence-corrected chi connectivity index (χ1v) is 7.97. The molecule has 1 aromatic carbocycles. The second-order valence-electron chi connectivity index (χ2n) is 4.45. The number of benzene rings is 1. The van der Waals surface area contributed by atoms with E-state index in [-0.39, 0.29) is 27.5 Å². The van der Waals surface area contributed by atoms with Crippen LogP contribution in [0.15, 0.2) is 29.1 Å². The van der Waals surface area contributed by atoms with Crippen molar-refractivity contribution in [1.29, 1.82) is 0 Å². The number of halogens is 2. The van der Waals surface area contributed by atoms with E-state index in [1.54, 1.807) is 0 Å². The Hall–Kier alpha value is -2.23. The minimum absolute atomic E-state index is 0.115. The predicted octanol–water partition coefficient (Wildman–Crippen LogP) is 1.50. The molecular formula is C12H14F2N4O3S. The predicted molar refractivity (Wildman–Crippen MR) is 76.9 cm³/mol. The molecule has 0 saturated carbocycles. The Morgan fingerprint density at radius 2 is 2.05 bits per heavy atom. The van der Waals surface area contributed by atoms with E-state index in [9.17, 15) is 22.0 Å². The number of hydrogen-bond acceptors (Lipinski definition) is 4. The molecule has 0 radical (unpaired) electrons. The Labute approximate surface area is 125 Å². The quantitative estimate of drug-likeness (QED) is 0.899. The van der Waals surface area contributed by atoms with Crippen molar-refractivity contribution in [3.63, 3.8) is 0 Å². The summed E-state index contributed by atoms with van der Waals surface area (Å²) in [7, 11) is -3.48. The van der Waals surface area contributed by atoms with Gasteiger partial charge in [0.15, 0.2) is 0 Å². The fourth-order valence-corrected chi connectivity index (χ4v) is 2.45. The highest BCUT2D eigenvalue weighted by atomic mass is 32.2. The second-order valence-corrected chi connectivity index (χ2v) is 6.46. The van der Waals surface area contributed by atoms with Crippen molar-refractivity contribution in [3.8, 4) is 5.69 Å². The van der Waals surface area contributed by atoms with Gasteiger partial charge in [-0.3, -0.25) is 4.72 Å². The molecule has 0 fully saturated rings. The molecule has 0 spiro atoms. The van der Waals surface area contributed by atoms with Crippen molar-refractivity contribution in [1.82, 2.24) is 14.3 Å². The molecule has 0 atom stereocenters. The zero-order chi connectivity index (χ0) is 16.5. The van der Waals surface area contributed by atoms with Gasteiger partial charge in [-0.15, -0.1) is 0 Å². The molecule has 10 heteroatoms. The van der Waals surface area contributed by atoms with E-state index in [4.69, 9.17) is 0 Å². The largest absolute Gasteiger partial charge is 0.355 e. The fraction of sp³-hybridized carbons (Fsp3) is 0.333.